The minimum Gasteiger partial charge on any atom is -0.268 e. The summed E-state index contributed by atoms with van der Waals surface area (Å²) in [6, 6.07) is 3.84. The lowest BCUT2D eigenvalue weighted by Crippen LogP contribution is -2.27. The smallest absolute Gasteiger partial charge is 0.268 e. The topological polar surface area (TPSA) is 65.6 Å². The van der Waals surface area contributed by atoms with Crippen molar-refractivity contribution in [3.05, 3.63) is 66.0 Å². The quantitative estimate of drug-likeness (QED) is 0.414. The van der Waals surface area contributed by atoms with E-state index in [1.54, 1.807) is 10.8 Å². The average molecular weight is 489 g/mol. The molecule has 8 heteroatoms. The molecule has 27 heavy (non-hydrogen) atoms. The van der Waals surface area contributed by atoms with Gasteiger partial charge < -0.3 is 0 Å². The molecule has 0 radical (unpaired) electrons. The van der Waals surface area contributed by atoms with Gasteiger partial charge in [-0.15, -0.1) is 11.3 Å². The van der Waals surface area contributed by atoms with Crippen molar-refractivity contribution in [2.75, 3.05) is 0 Å². The second-order valence-corrected chi connectivity index (χ2v) is 8.66. The standard InChI is InChI=1S/C19H16IN5OS/c1-10-4-3-7-21-17(10)25-14(8-24-13-6-5-12(13)16(20)23-24)22-18-15(19(25)26)11(2)9-27-18/h3-4,7,9H,5-6,8H2,1-2H3. The van der Waals surface area contributed by atoms with Gasteiger partial charge >= 0.3 is 0 Å². The van der Waals surface area contributed by atoms with Crippen LogP contribution in [0, 0.1) is 17.5 Å². The molecule has 4 heterocycles. The summed E-state index contributed by atoms with van der Waals surface area (Å²) in [7, 11) is 0. The predicted molar refractivity (Wildman–Crippen MR) is 114 cm³/mol. The lowest BCUT2D eigenvalue weighted by Gasteiger charge is -2.18. The Bertz CT molecular complexity index is 1270. The zero-order valence-electron chi connectivity index (χ0n) is 14.9. The van der Waals surface area contributed by atoms with Crippen molar-refractivity contribution in [1.82, 2.24) is 24.3 Å². The first-order chi connectivity index (χ1) is 13.0. The Hall–Kier alpha value is -2.07. The molecule has 1 aliphatic carbocycles. The van der Waals surface area contributed by atoms with E-state index in [0.717, 1.165) is 32.5 Å². The molecule has 0 saturated carbocycles. The number of halogens is 1. The molecule has 0 N–H and O–H groups in total. The van der Waals surface area contributed by atoms with Gasteiger partial charge in [0, 0.05) is 17.5 Å². The van der Waals surface area contributed by atoms with E-state index in [-0.39, 0.29) is 5.56 Å². The fraction of sp³-hybridized carbons (Fsp3) is 0.263. The van der Waals surface area contributed by atoms with E-state index in [1.165, 1.54) is 22.6 Å². The van der Waals surface area contributed by atoms with Crippen LogP contribution in [0.25, 0.3) is 16.0 Å². The number of aryl methyl sites for hydroxylation is 2. The van der Waals surface area contributed by atoms with Crippen molar-refractivity contribution in [2.45, 2.75) is 33.2 Å². The Morgan fingerprint density at radius 1 is 1.26 bits per heavy atom. The first kappa shape index (κ1) is 17.1. The van der Waals surface area contributed by atoms with Crippen LogP contribution in [-0.2, 0) is 19.4 Å². The van der Waals surface area contributed by atoms with Gasteiger partial charge in [0.15, 0.2) is 0 Å². The Morgan fingerprint density at radius 3 is 2.81 bits per heavy atom. The molecule has 136 valence electrons. The maximum atomic E-state index is 13.4. The third-order valence-electron chi connectivity index (χ3n) is 5.08. The van der Waals surface area contributed by atoms with Crippen molar-refractivity contribution in [2.24, 2.45) is 0 Å². The monoisotopic (exact) mass is 489 g/mol. The first-order valence-electron chi connectivity index (χ1n) is 8.70. The molecule has 0 aromatic carbocycles. The van der Waals surface area contributed by atoms with Crippen LogP contribution in [0.4, 0.5) is 0 Å². The third-order valence-corrected chi connectivity index (χ3v) is 6.93. The van der Waals surface area contributed by atoms with Gasteiger partial charge in [0.25, 0.3) is 5.56 Å². The SMILES string of the molecule is Cc1cccnc1-n1c(Cn2nc(I)c3c2CC3)nc2scc(C)c2c1=O. The van der Waals surface area contributed by atoms with Crippen molar-refractivity contribution >= 4 is 44.1 Å². The minimum absolute atomic E-state index is 0.0590. The lowest BCUT2D eigenvalue weighted by atomic mass is 9.97. The molecule has 0 fully saturated rings. The Kier molecular flexibility index (Phi) is 3.94. The predicted octanol–water partition coefficient (Wildman–Crippen LogP) is 3.41. The van der Waals surface area contributed by atoms with Crippen LogP contribution in [0.3, 0.4) is 0 Å². The summed E-state index contributed by atoms with van der Waals surface area (Å²) in [5, 5.41) is 7.34. The molecule has 6 nitrogen and oxygen atoms in total. The highest BCUT2D eigenvalue weighted by molar-refractivity contribution is 14.1. The van der Waals surface area contributed by atoms with Gasteiger partial charge in [0.2, 0.25) is 0 Å². The highest BCUT2D eigenvalue weighted by atomic mass is 127. The van der Waals surface area contributed by atoms with Gasteiger partial charge in [-0.05, 0) is 71.9 Å². The maximum Gasteiger partial charge on any atom is 0.268 e. The molecule has 0 saturated heterocycles. The van der Waals surface area contributed by atoms with Crippen LogP contribution in [0.1, 0.15) is 28.2 Å². The zero-order valence-corrected chi connectivity index (χ0v) is 17.8. The first-order valence-corrected chi connectivity index (χ1v) is 10.7. The number of thiophene rings is 1. The molecule has 0 atom stereocenters. The van der Waals surface area contributed by atoms with E-state index in [9.17, 15) is 4.79 Å². The van der Waals surface area contributed by atoms with E-state index in [2.05, 4.69) is 32.7 Å². The highest BCUT2D eigenvalue weighted by Gasteiger charge is 2.25. The normalized spacial score (nSPS) is 13.0. The van der Waals surface area contributed by atoms with Gasteiger partial charge in [-0.25, -0.2) is 14.5 Å². The summed E-state index contributed by atoms with van der Waals surface area (Å²) < 4.78 is 4.70. The van der Waals surface area contributed by atoms with E-state index in [4.69, 9.17) is 4.98 Å². The fourth-order valence-corrected chi connectivity index (χ4v) is 5.34. The van der Waals surface area contributed by atoms with Crippen molar-refractivity contribution < 1.29 is 0 Å². The van der Waals surface area contributed by atoms with E-state index < -0.39 is 0 Å². The van der Waals surface area contributed by atoms with Crippen LogP contribution >= 0.6 is 33.9 Å². The van der Waals surface area contributed by atoms with Gasteiger partial charge in [-0.1, -0.05) is 6.07 Å². The molecule has 1 aliphatic rings. The minimum atomic E-state index is -0.0590. The molecular weight excluding hydrogens is 473 g/mol. The lowest BCUT2D eigenvalue weighted by molar-refractivity contribution is 0.584. The van der Waals surface area contributed by atoms with Crippen molar-refractivity contribution in [3.8, 4) is 5.82 Å². The number of hydrogen-bond donors (Lipinski definition) is 0. The van der Waals surface area contributed by atoms with Crippen LogP contribution in [0.15, 0.2) is 28.5 Å². The molecule has 4 aromatic rings. The van der Waals surface area contributed by atoms with Crippen molar-refractivity contribution in [1.29, 1.82) is 0 Å². The highest BCUT2D eigenvalue weighted by Crippen LogP contribution is 2.28. The molecule has 0 aliphatic heterocycles. The summed E-state index contributed by atoms with van der Waals surface area (Å²) in [5.41, 5.74) is 4.42. The zero-order chi connectivity index (χ0) is 18.7. The van der Waals surface area contributed by atoms with Gasteiger partial charge in [0.05, 0.1) is 11.9 Å². The second-order valence-electron chi connectivity index (χ2n) is 6.79. The number of hydrogen-bond acceptors (Lipinski definition) is 5. The maximum absolute atomic E-state index is 13.4. The number of fused-ring (bicyclic) bond motifs is 2. The largest absolute Gasteiger partial charge is 0.268 e. The Balaban J connectivity index is 1.78. The summed E-state index contributed by atoms with van der Waals surface area (Å²) in [6.45, 7) is 4.38. The van der Waals surface area contributed by atoms with Crippen LogP contribution in [0.5, 0.6) is 0 Å². The third kappa shape index (κ3) is 2.57. The second kappa shape index (κ2) is 6.23. The van der Waals surface area contributed by atoms with Gasteiger partial charge in [0.1, 0.15) is 20.2 Å². The van der Waals surface area contributed by atoms with E-state index in [0.29, 0.717) is 23.6 Å². The van der Waals surface area contributed by atoms with Gasteiger partial charge in [-0.2, -0.15) is 5.10 Å². The van der Waals surface area contributed by atoms with Crippen LogP contribution in [0.2, 0.25) is 0 Å². The number of aromatic nitrogens is 5. The molecule has 5 rings (SSSR count). The average Bonchev–Trinajstić information content (AvgIpc) is 3.05. The fourth-order valence-electron chi connectivity index (χ4n) is 3.57. The molecule has 4 aromatic heterocycles. The molecule has 0 spiro atoms. The van der Waals surface area contributed by atoms with Crippen LogP contribution < -0.4 is 5.56 Å². The molecule has 0 unspecified atom stereocenters. The number of nitrogens with zero attached hydrogens (tertiary/aromatic N) is 5. The Morgan fingerprint density at radius 2 is 2.11 bits per heavy atom. The summed E-state index contributed by atoms with van der Waals surface area (Å²) in [6.07, 6.45) is 3.82. The summed E-state index contributed by atoms with van der Waals surface area (Å²) >= 11 is 3.79. The molecule has 0 amide bonds. The summed E-state index contributed by atoms with van der Waals surface area (Å²) in [4.78, 5) is 23.5. The Labute approximate surface area is 173 Å². The molecular formula is C19H16IN5OS. The van der Waals surface area contributed by atoms with E-state index in [1.807, 2.05) is 36.0 Å². The molecule has 0 bridgehead atoms. The van der Waals surface area contributed by atoms with Crippen molar-refractivity contribution in [3.63, 3.8) is 0 Å². The van der Waals surface area contributed by atoms with Crippen LogP contribution in [-0.4, -0.2) is 24.3 Å². The number of rotatable bonds is 3. The van der Waals surface area contributed by atoms with E-state index >= 15 is 0 Å². The van der Waals surface area contributed by atoms with Gasteiger partial charge in [-0.3, -0.25) is 9.48 Å². The number of pyridine rings is 1. The summed E-state index contributed by atoms with van der Waals surface area (Å²) in [5.74, 6) is 1.31.